The fourth-order valence-corrected chi connectivity index (χ4v) is 3.61. The molecule has 29 heavy (non-hydrogen) atoms. The van der Waals surface area contributed by atoms with E-state index in [2.05, 4.69) is 15.5 Å². The van der Waals surface area contributed by atoms with E-state index in [-0.39, 0.29) is 11.9 Å². The third kappa shape index (κ3) is 4.68. The van der Waals surface area contributed by atoms with Gasteiger partial charge < -0.3 is 25.0 Å². The summed E-state index contributed by atoms with van der Waals surface area (Å²) in [5.41, 5.74) is 1.58. The van der Waals surface area contributed by atoms with Gasteiger partial charge in [-0.15, -0.1) is 0 Å². The number of ether oxygens (including phenoxy) is 2. The highest BCUT2D eigenvalue weighted by Gasteiger charge is 2.34. The maximum absolute atomic E-state index is 12.6. The second kappa shape index (κ2) is 8.95. The summed E-state index contributed by atoms with van der Waals surface area (Å²) >= 11 is 0. The number of hydrogen-bond acceptors (Lipinski definition) is 6. The fourth-order valence-electron chi connectivity index (χ4n) is 3.61. The Balaban J connectivity index is 1.90. The third-order valence-corrected chi connectivity index (χ3v) is 5.19. The van der Waals surface area contributed by atoms with Crippen LogP contribution in [0.25, 0.3) is 0 Å². The number of benzene rings is 1. The molecule has 0 bridgehead atoms. The Hall–Kier alpha value is -3.07. The van der Waals surface area contributed by atoms with Crippen LogP contribution in [0.1, 0.15) is 18.5 Å². The summed E-state index contributed by atoms with van der Waals surface area (Å²) in [6.07, 6.45) is 0. The molecule has 2 N–H and O–H groups in total. The van der Waals surface area contributed by atoms with Gasteiger partial charge in [0.05, 0.1) is 25.8 Å². The van der Waals surface area contributed by atoms with Crippen molar-refractivity contribution in [3.63, 3.8) is 0 Å². The van der Waals surface area contributed by atoms with Crippen molar-refractivity contribution in [2.45, 2.75) is 13.0 Å². The van der Waals surface area contributed by atoms with Gasteiger partial charge in [-0.2, -0.15) is 0 Å². The first-order valence-corrected chi connectivity index (χ1v) is 9.43. The molecule has 3 rings (SSSR count). The maximum Gasteiger partial charge on any atom is 0.338 e. The van der Waals surface area contributed by atoms with Crippen LogP contribution < -0.4 is 15.4 Å². The van der Waals surface area contributed by atoms with Crippen molar-refractivity contribution in [1.82, 2.24) is 20.4 Å². The number of rotatable bonds is 5. The largest absolute Gasteiger partial charge is 0.497 e. The molecule has 0 unspecified atom stereocenters. The summed E-state index contributed by atoms with van der Waals surface area (Å²) in [4.78, 5) is 40.4. The Morgan fingerprint density at radius 1 is 1.17 bits per heavy atom. The predicted octanol–water partition coefficient (Wildman–Crippen LogP) is 0.640. The maximum atomic E-state index is 12.6. The molecule has 0 spiro atoms. The molecule has 1 aromatic rings. The van der Waals surface area contributed by atoms with Crippen LogP contribution in [0.5, 0.6) is 5.75 Å². The second-order valence-electron chi connectivity index (χ2n) is 6.97. The average molecular weight is 402 g/mol. The summed E-state index contributed by atoms with van der Waals surface area (Å²) < 4.78 is 10.3. The van der Waals surface area contributed by atoms with Crippen LogP contribution in [0.15, 0.2) is 35.5 Å². The zero-order chi connectivity index (χ0) is 21.0. The number of nitrogens with zero attached hydrogens (tertiary/aromatic N) is 2. The van der Waals surface area contributed by atoms with Crippen molar-refractivity contribution in [3.05, 3.63) is 41.1 Å². The molecule has 2 heterocycles. The number of methoxy groups -OCH3 is 2. The Kier molecular flexibility index (Phi) is 6.38. The zero-order valence-corrected chi connectivity index (χ0v) is 16.9. The molecule has 1 saturated heterocycles. The SMILES string of the molecule is COC(=O)C1=C(CN2CCN(C(C)=O)CC2)NC(=O)N[C@H]1c1cccc(OC)c1. The molecule has 9 nitrogen and oxygen atoms in total. The smallest absolute Gasteiger partial charge is 0.338 e. The summed E-state index contributed by atoms with van der Waals surface area (Å²) in [5.74, 6) is 0.163. The number of nitrogens with one attached hydrogen (secondary N) is 2. The molecule has 3 amide bonds. The highest BCUT2D eigenvalue weighted by molar-refractivity contribution is 5.95. The fraction of sp³-hybridized carbons (Fsp3) is 0.450. The first-order valence-electron chi connectivity index (χ1n) is 9.43. The Morgan fingerprint density at radius 3 is 2.52 bits per heavy atom. The van der Waals surface area contributed by atoms with E-state index in [1.54, 1.807) is 37.1 Å². The lowest BCUT2D eigenvalue weighted by Crippen LogP contribution is -2.52. The van der Waals surface area contributed by atoms with Gasteiger partial charge >= 0.3 is 12.0 Å². The number of carbonyl (C=O) groups is 3. The quantitative estimate of drug-likeness (QED) is 0.701. The van der Waals surface area contributed by atoms with Gasteiger partial charge in [0.25, 0.3) is 0 Å². The molecule has 0 aliphatic carbocycles. The zero-order valence-electron chi connectivity index (χ0n) is 16.9. The lowest BCUT2D eigenvalue weighted by atomic mass is 9.94. The van der Waals surface area contributed by atoms with Crippen LogP contribution in [0.4, 0.5) is 4.79 Å². The minimum Gasteiger partial charge on any atom is -0.497 e. The van der Waals surface area contributed by atoms with Crippen LogP contribution in [0, 0.1) is 0 Å². The summed E-state index contributed by atoms with van der Waals surface area (Å²) in [5, 5.41) is 5.57. The Morgan fingerprint density at radius 2 is 1.90 bits per heavy atom. The number of hydrogen-bond donors (Lipinski definition) is 2. The molecular formula is C20H26N4O5. The van der Waals surface area contributed by atoms with Crippen molar-refractivity contribution in [2.24, 2.45) is 0 Å². The lowest BCUT2D eigenvalue weighted by molar-refractivity contribution is -0.136. The van der Waals surface area contributed by atoms with E-state index in [1.165, 1.54) is 7.11 Å². The van der Waals surface area contributed by atoms with Gasteiger partial charge in [-0.25, -0.2) is 9.59 Å². The predicted molar refractivity (Wildman–Crippen MR) is 105 cm³/mol. The van der Waals surface area contributed by atoms with Crippen LogP contribution in [0.2, 0.25) is 0 Å². The van der Waals surface area contributed by atoms with E-state index in [0.717, 1.165) is 5.56 Å². The second-order valence-corrected chi connectivity index (χ2v) is 6.97. The molecule has 1 fully saturated rings. The van der Waals surface area contributed by atoms with E-state index >= 15 is 0 Å². The van der Waals surface area contributed by atoms with Gasteiger partial charge in [0.1, 0.15) is 5.75 Å². The monoisotopic (exact) mass is 402 g/mol. The molecule has 9 heteroatoms. The minimum atomic E-state index is -0.653. The molecule has 0 radical (unpaired) electrons. The number of urea groups is 1. The average Bonchev–Trinajstić information content (AvgIpc) is 2.73. The standard InChI is InChI=1S/C20H26N4O5/c1-13(25)24-9-7-23(8-10-24)12-16-17(19(26)29-3)18(22-20(27)21-16)14-5-4-6-15(11-14)28-2/h4-6,11,18H,7-10,12H2,1-3H3,(H2,21,22,27)/t18-/m0/s1. The number of esters is 1. The van der Waals surface area contributed by atoms with E-state index in [9.17, 15) is 14.4 Å². The van der Waals surface area contributed by atoms with Gasteiger partial charge in [0.2, 0.25) is 5.91 Å². The van der Waals surface area contributed by atoms with Crippen molar-refractivity contribution in [3.8, 4) is 5.75 Å². The van der Waals surface area contributed by atoms with Crippen molar-refractivity contribution >= 4 is 17.9 Å². The lowest BCUT2D eigenvalue weighted by Gasteiger charge is -2.36. The Bertz CT molecular complexity index is 830. The van der Waals surface area contributed by atoms with E-state index in [4.69, 9.17) is 9.47 Å². The topological polar surface area (TPSA) is 100 Å². The molecular weight excluding hydrogens is 376 g/mol. The molecule has 2 aliphatic heterocycles. The number of piperazine rings is 1. The third-order valence-electron chi connectivity index (χ3n) is 5.19. The van der Waals surface area contributed by atoms with Gasteiger partial charge in [-0.1, -0.05) is 12.1 Å². The van der Waals surface area contributed by atoms with E-state index in [0.29, 0.717) is 49.7 Å². The van der Waals surface area contributed by atoms with Crippen molar-refractivity contribution in [2.75, 3.05) is 46.9 Å². The van der Waals surface area contributed by atoms with Crippen LogP contribution >= 0.6 is 0 Å². The van der Waals surface area contributed by atoms with E-state index in [1.807, 2.05) is 6.07 Å². The molecule has 0 aromatic heterocycles. The van der Waals surface area contributed by atoms with Crippen molar-refractivity contribution < 1.29 is 23.9 Å². The summed E-state index contributed by atoms with van der Waals surface area (Å²) in [6, 6.07) is 6.16. The van der Waals surface area contributed by atoms with Gasteiger partial charge in [-0.05, 0) is 17.7 Å². The van der Waals surface area contributed by atoms with E-state index < -0.39 is 12.0 Å². The molecule has 0 saturated carbocycles. The molecule has 1 atom stereocenters. The minimum absolute atomic E-state index is 0.0485. The molecule has 156 valence electrons. The van der Waals surface area contributed by atoms with Crippen molar-refractivity contribution in [1.29, 1.82) is 0 Å². The molecule has 2 aliphatic rings. The number of amides is 3. The van der Waals surface area contributed by atoms with Crippen LogP contribution in [0.3, 0.4) is 0 Å². The first-order chi connectivity index (χ1) is 13.9. The number of carbonyl (C=O) groups excluding carboxylic acids is 3. The summed E-state index contributed by atoms with van der Waals surface area (Å²) in [7, 11) is 2.88. The molecule has 1 aromatic carbocycles. The highest BCUT2D eigenvalue weighted by atomic mass is 16.5. The first kappa shape index (κ1) is 20.7. The van der Waals surface area contributed by atoms with Gasteiger partial charge in [0.15, 0.2) is 0 Å². The van der Waals surface area contributed by atoms with Gasteiger partial charge in [-0.3, -0.25) is 9.69 Å². The van der Waals surface area contributed by atoms with Crippen LogP contribution in [-0.4, -0.2) is 74.7 Å². The Labute approximate surface area is 169 Å². The summed E-state index contributed by atoms with van der Waals surface area (Å²) in [6.45, 7) is 4.47. The van der Waals surface area contributed by atoms with Crippen LogP contribution in [-0.2, 0) is 14.3 Å². The highest BCUT2D eigenvalue weighted by Crippen LogP contribution is 2.30. The van der Waals surface area contributed by atoms with Gasteiger partial charge in [0, 0.05) is 45.3 Å². The normalized spacial score (nSPS) is 20.0.